The van der Waals surface area contributed by atoms with Gasteiger partial charge < -0.3 is 26.0 Å². The van der Waals surface area contributed by atoms with Crippen LogP contribution in [0.4, 0.5) is 0 Å². The molecule has 3 aromatic carbocycles. The number of carbonyl (C=O) groups is 4. The van der Waals surface area contributed by atoms with Crippen LogP contribution in [0.1, 0.15) is 117 Å². The van der Waals surface area contributed by atoms with E-state index >= 15 is 0 Å². The lowest BCUT2D eigenvalue weighted by molar-refractivity contribution is -0.139. The van der Waals surface area contributed by atoms with Gasteiger partial charge in [-0.1, -0.05) is 118 Å². The molecule has 53 heavy (non-hydrogen) atoms. The molecule has 0 aliphatic rings. The molecule has 10 heteroatoms. The van der Waals surface area contributed by atoms with Gasteiger partial charge in [-0.05, 0) is 67.3 Å². The fourth-order valence-electron chi connectivity index (χ4n) is 6.94. The summed E-state index contributed by atoms with van der Waals surface area (Å²) >= 11 is 6.51. The zero-order chi connectivity index (χ0) is 38.2. The molecular formula is C43H55ClN4O5. The number of primary amides is 1. The van der Waals surface area contributed by atoms with Crippen LogP contribution in [0.3, 0.4) is 0 Å². The lowest BCUT2D eigenvalue weighted by Crippen LogP contribution is -2.53. The molecule has 0 unspecified atom stereocenters. The van der Waals surface area contributed by atoms with Crippen LogP contribution >= 0.6 is 11.6 Å². The van der Waals surface area contributed by atoms with E-state index in [2.05, 4.69) is 41.5 Å². The van der Waals surface area contributed by atoms with Gasteiger partial charge in [-0.3, -0.25) is 19.2 Å². The zero-order valence-corrected chi connectivity index (χ0v) is 31.9. The Balaban J connectivity index is 1.63. The van der Waals surface area contributed by atoms with Gasteiger partial charge in [-0.2, -0.15) is 0 Å². The van der Waals surface area contributed by atoms with E-state index in [1.54, 1.807) is 11.0 Å². The minimum atomic E-state index is -1.04. The average Bonchev–Trinajstić information content (AvgIpc) is 3.50. The Morgan fingerprint density at radius 3 is 2.23 bits per heavy atom. The van der Waals surface area contributed by atoms with E-state index in [-0.39, 0.29) is 31.6 Å². The fraction of sp³-hybridized carbons (Fsp3) is 0.442. The highest BCUT2D eigenvalue weighted by molar-refractivity contribution is 6.31. The van der Waals surface area contributed by atoms with Crippen LogP contribution < -0.4 is 11.1 Å². The van der Waals surface area contributed by atoms with Crippen LogP contribution in [0, 0.1) is 0 Å². The second kappa shape index (κ2) is 21.2. The number of hydrogen-bond donors (Lipinski definition) is 4. The molecule has 9 nitrogen and oxygen atoms in total. The number of benzene rings is 3. The molecule has 5 N–H and O–H groups in total. The molecule has 0 bridgehead atoms. The summed E-state index contributed by atoms with van der Waals surface area (Å²) in [6.07, 6.45) is 9.39. The Hall–Kier alpha value is -4.63. The number of aryl methyl sites for hydroxylation is 1. The van der Waals surface area contributed by atoms with Crippen LogP contribution in [0.15, 0.2) is 72.8 Å². The number of nitrogens with one attached hydrogen (secondary N) is 2. The SMILES string of the molecule is CCCCCCCc1ccc(C[C@@H](CC(N)=O)N(CCCC)C(=O)[C@H](CCCC(=O)O)NC(=O)c2c(Cc3ccccc3Cl)[nH]c3ccccc23)cc1. The van der Waals surface area contributed by atoms with E-state index in [4.69, 9.17) is 17.3 Å². The summed E-state index contributed by atoms with van der Waals surface area (Å²) in [5.74, 6) is -2.33. The third kappa shape index (κ3) is 12.5. The number of aromatic amines is 1. The summed E-state index contributed by atoms with van der Waals surface area (Å²) in [4.78, 5) is 58.1. The number of aliphatic carboxylic acids is 1. The molecule has 1 aromatic heterocycles. The Bertz CT molecular complexity index is 1800. The van der Waals surface area contributed by atoms with Gasteiger partial charge in [0, 0.05) is 53.5 Å². The minimum absolute atomic E-state index is 0.0468. The average molecular weight is 743 g/mol. The number of fused-ring (bicyclic) bond motifs is 1. The monoisotopic (exact) mass is 742 g/mol. The Morgan fingerprint density at radius 1 is 0.849 bits per heavy atom. The first-order valence-electron chi connectivity index (χ1n) is 19.1. The van der Waals surface area contributed by atoms with Crippen LogP contribution in [0.25, 0.3) is 10.9 Å². The van der Waals surface area contributed by atoms with E-state index in [1.807, 2.05) is 49.4 Å². The summed E-state index contributed by atoms with van der Waals surface area (Å²) in [7, 11) is 0. The number of para-hydroxylation sites is 1. The molecule has 4 aromatic rings. The number of carboxylic acids is 1. The van der Waals surface area contributed by atoms with E-state index in [9.17, 15) is 24.3 Å². The van der Waals surface area contributed by atoms with Crippen molar-refractivity contribution in [3.8, 4) is 0 Å². The van der Waals surface area contributed by atoms with Gasteiger partial charge in [0.25, 0.3) is 5.91 Å². The van der Waals surface area contributed by atoms with Gasteiger partial charge in [-0.15, -0.1) is 0 Å². The van der Waals surface area contributed by atoms with E-state index in [0.717, 1.165) is 35.9 Å². The van der Waals surface area contributed by atoms with E-state index < -0.39 is 29.9 Å². The van der Waals surface area contributed by atoms with Gasteiger partial charge in [0.1, 0.15) is 6.04 Å². The summed E-state index contributed by atoms with van der Waals surface area (Å²) in [6.45, 7) is 4.59. The Labute approximate surface area is 318 Å². The quantitative estimate of drug-likeness (QED) is 0.0564. The van der Waals surface area contributed by atoms with Crippen LogP contribution in [0.5, 0.6) is 0 Å². The van der Waals surface area contributed by atoms with Crippen molar-refractivity contribution in [1.29, 1.82) is 0 Å². The third-order valence-corrected chi connectivity index (χ3v) is 10.2. The van der Waals surface area contributed by atoms with Gasteiger partial charge >= 0.3 is 5.97 Å². The van der Waals surface area contributed by atoms with E-state index in [0.29, 0.717) is 47.5 Å². The predicted octanol–water partition coefficient (Wildman–Crippen LogP) is 8.39. The fourth-order valence-corrected chi connectivity index (χ4v) is 7.14. The molecule has 0 radical (unpaired) electrons. The lowest BCUT2D eigenvalue weighted by Gasteiger charge is -2.35. The second-order valence-corrected chi connectivity index (χ2v) is 14.4. The number of unbranched alkanes of at least 4 members (excludes halogenated alkanes) is 5. The van der Waals surface area contributed by atoms with Crippen LogP contribution in [-0.4, -0.2) is 57.3 Å². The molecule has 0 fully saturated rings. The number of amides is 3. The van der Waals surface area contributed by atoms with Crippen LogP contribution in [-0.2, 0) is 33.6 Å². The maximum atomic E-state index is 14.7. The maximum absolute atomic E-state index is 14.7. The van der Waals surface area contributed by atoms with Crippen molar-refractivity contribution >= 4 is 46.2 Å². The lowest BCUT2D eigenvalue weighted by atomic mass is 9.97. The summed E-state index contributed by atoms with van der Waals surface area (Å²) < 4.78 is 0. The molecule has 0 spiro atoms. The van der Waals surface area contributed by atoms with Crippen molar-refractivity contribution in [2.75, 3.05) is 6.54 Å². The molecule has 1 heterocycles. The van der Waals surface area contributed by atoms with Gasteiger partial charge in [0.05, 0.1) is 5.56 Å². The molecule has 0 saturated heterocycles. The highest BCUT2D eigenvalue weighted by Gasteiger charge is 2.33. The first-order valence-corrected chi connectivity index (χ1v) is 19.5. The smallest absolute Gasteiger partial charge is 0.303 e. The Morgan fingerprint density at radius 2 is 1.53 bits per heavy atom. The number of aromatic nitrogens is 1. The predicted molar refractivity (Wildman–Crippen MR) is 212 cm³/mol. The summed E-state index contributed by atoms with van der Waals surface area (Å²) in [6, 6.07) is 21.7. The molecule has 0 saturated carbocycles. The van der Waals surface area contributed by atoms with Crippen molar-refractivity contribution in [3.05, 3.63) is 106 Å². The first-order chi connectivity index (χ1) is 25.6. The number of nitrogens with two attached hydrogens (primary N) is 1. The number of H-pyrrole nitrogens is 1. The molecule has 4 rings (SSSR count). The molecule has 0 aliphatic heterocycles. The number of halogens is 1. The highest BCUT2D eigenvalue weighted by atomic mass is 35.5. The topological polar surface area (TPSA) is 146 Å². The molecule has 284 valence electrons. The second-order valence-electron chi connectivity index (χ2n) is 14.0. The number of carboxylic acid groups (broad SMARTS) is 1. The summed E-state index contributed by atoms with van der Waals surface area (Å²) in [5, 5.41) is 13.7. The summed E-state index contributed by atoms with van der Waals surface area (Å²) in [5.41, 5.74) is 10.7. The molecule has 0 aliphatic carbocycles. The van der Waals surface area contributed by atoms with Crippen molar-refractivity contribution in [2.45, 2.75) is 116 Å². The van der Waals surface area contributed by atoms with Crippen molar-refractivity contribution in [3.63, 3.8) is 0 Å². The van der Waals surface area contributed by atoms with Crippen molar-refractivity contribution < 1.29 is 24.3 Å². The standard InChI is InChI=1S/C43H55ClN4O5/c1-3-5-7-8-9-15-30-22-24-31(25-23-30)27-33(29-39(45)49)48(26-6-4-2)43(53)37(20-14-21-40(50)51)47-42(52)41-34-17-11-13-19-36(34)46-38(41)28-32-16-10-12-18-35(32)44/h10-13,16-19,22-25,33,37,46H,3-9,14-15,20-21,26-29H2,1-2H3,(H2,45,49)(H,47,52)(H,50,51)/t33-,37-/m0/s1. The van der Waals surface area contributed by atoms with Gasteiger partial charge in [0.15, 0.2) is 0 Å². The molecule has 2 atom stereocenters. The van der Waals surface area contributed by atoms with Crippen molar-refractivity contribution in [2.24, 2.45) is 5.73 Å². The molecular weight excluding hydrogens is 688 g/mol. The Kier molecular flexibility index (Phi) is 16.4. The normalized spacial score (nSPS) is 12.4. The number of hydrogen-bond acceptors (Lipinski definition) is 4. The zero-order valence-electron chi connectivity index (χ0n) is 31.2. The number of nitrogens with zero attached hydrogens (tertiary/aromatic N) is 1. The first kappa shape index (κ1) is 41.1. The van der Waals surface area contributed by atoms with E-state index in [1.165, 1.54) is 31.2 Å². The minimum Gasteiger partial charge on any atom is -0.481 e. The third-order valence-electron chi connectivity index (χ3n) is 9.80. The number of carbonyl (C=O) groups excluding carboxylic acids is 3. The van der Waals surface area contributed by atoms with Gasteiger partial charge in [-0.25, -0.2) is 0 Å². The highest BCUT2D eigenvalue weighted by Crippen LogP contribution is 2.27. The van der Waals surface area contributed by atoms with Crippen LogP contribution in [0.2, 0.25) is 5.02 Å². The maximum Gasteiger partial charge on any atom is 0.303 e. The largest absolute Gasteiger partial charge is 0.481 e. The molecule has 3 amide bonds. The van der Waals surface area contributed by atoms with Gasteiger partial charge in [0.2, 0.25) is 11.8 Å². The van der Waals surface area contributed by atoms with Crippen molar-refractivity contribution in [1.82, 2.24) is 15.2 Å². The number of rotatable bonds is 23.